The van der Waals surface area contributed by atoms with Crippen LogP contribution in [0.4, 0.5) is 5.69 Å². The highest BCUT2D eigenvalue weighted by Gasteiger charge is 2.35. The lowest BCUT2D eigenvalue weighted by molar-refractivity contribution is -0.139. The van der Waals surface area contributed by atoms with Crippen LogP contribution in [-0.4, -0.2) is 59.0 Å². The fraction of sp³-hybridized carbons (Fsp3) is 0.212. The van der Waals surface area contributed by atoms with Gasteiger partial charge in [0.15, 0.2) is 0 Å². The van der Waals surface area contributed by atoms with Gasteiger partial charge in [0.25, 0.3) is 10.0 Å². The summed E-state index contributed by atoms with van der Waals surface area (Å²) in [5, 5.41) is 2.68. The van der Waals surface area contributed by atoms with E-state index in [4.69, 9.17) is 9.47 Å². The van der Waals surface area contributed by atoms with Gasteiger partial charge >= 0.3 is 0 Å². The summed E-state index contributed by atoms with van der Waals surface area (Å²) in [4.78, 5) is 29.3. The third kappa shape index (κ3) is 7.78. The average Bonchev–Trinajstić information content (AvgIpc) is 3.05. The number of ether oxygens (including phenoxy) is 2. The fourth-order valence-electron chi connectivity index (χ4n) is 4.78. The molecule has 0 aliphatic carbocycles. The second kappa shape index (κ2) is 14.9. The molecule has 0 aromatic heterocycles. The molecular weight excluding hydrogens is 646 g/mol. The van der Waals surface area contributed by atoms with Crippen molar-refractivity contribution in [2.24, 2.45) is 0 Å². The minimum Gasteiger partial charge on any atom is -0.497 e. The molecule has 0 fully saturated rings. The molecule has 0 saturated heterocycles. The Morgan fingerprint density at radius 3 is 2.11 bits per heavy atom. The molecule has 9 nitrogen and oxygen atoms in total. The molecule has 1 atom stereocenters. The van der Waals surface area contributed by atoms with Crippen LogP contribution in [0.1, 0.15) is 11.1 Å². The van der Waals surface area contributed by atoms with E-state index in [1.165, 1.54) is 44.4 Å². The lowest BCUT2D eigenvalue weighted by Gasteiger charge is -2.34. The highest BCUT2D eigenvalue weighted by Crippen LogP contribution is 2.36. The summed E-state index contributed by atoms with van der Waals surface area (Å²) in [6.45, 7) is -0.561. The lowest BCUT2D eigenvalue weighted by Crippen LogP contribution is -2.53. The number of benzene rings is 4. The van der Waals surface area contributed by atoms with Crippen molar-refractivity contribution >= 4 is 43.5 Å². The number of anilines is 1. The molecule has 44 heavy (non-hydrogen) atoms. The van der Waals surface area contributed by atoms with Crippen molar-refractivity contribution in [3.63, 3.8) is 0 Å². The van der Waals surface area contributed by atoms with Crippen molar-refractivity contribution in [1.82, 2.24) is 10.2 Å². The zero-order chi connectivity index (χ0) is 31.7. The molecule has 0 saturated carbocycles. The topological polar surface area (TPSA) is 105 Å². The first kappa shape index (κ1) is 32.6. The van der Waals surface area contributed by atoms with E-state index in [1.807, 2.05) is 54.6 Å². The van der Waals surface area contributed by atoms with Gasteiger partial charge in [-0.1, -0.05) is 76.6 Å². The Kier molecular flexibility index (Phi) is 11.0. The van der Waals surface area contributed by atoms with Crippen molar-refractivity contribution in [2.75, 3.05) is 32.1 Å². The SMILES string of the molecule is CNC(=O)[C@H](Cc1ccccc1)N(Cc1cccc(Br)c1)C(=O)CN(c1cc(OC)ccc1OC)S(=O)(=O)c1ccccc1. The first-order valence-electron chi connectivity index (χ1n) is 13.8. The molecule has 4 rings (SSSR count). The third-order valence-corrected chi connectivity index (χ3v) is 9.29. The molecule has 0 unspecified atom stereocenters. The Morgan fingerprint density at radius 1 is 0.841 bits per heavy atom. The van der Waals surface area contributed by atoms with Crippen LogP contribution in [0.3, 0.4) is 0 Å². The highest BCUT2D eigenvalue weighted by molar-refractivity contribution is 9.10. The van der Waals surface area contributed by atoms with Gasteiger partial charge in [0.1, 0.15) is 24.1 Å². The molecule has 4 aromatic rings. The zero-order valence-electron chi connectivity index (χ0n) is 24.6. The minimum atomic E-state index is -4.29. The van der Waals surface area contributed by atoms with Gasteiger partial charge in [0, 0.05) is 30.6 Å². The third-order valence-electron chi connectivity index (χ3n) is 7.02. The summed E-state index contributed by atoms with van der Waals surface area (Å²) in [5.41, 5.74) is 1.72. The number of amides is 2. The molecule has 11 heteroatoms. The van der Waals surface area contributed by atoms with Gasteiger partial charge < -0.3 is 19.7 Å². The van der Waals surface area contributed by atoms with Gasteiger partial charge in [0.05, 0.1) is 24.8 Å². The molecule has 0 heterocycles. The quantitative estimate of drug-likeness (QED) is 0.212. The molecule has 1 N–H and O–H groups in total. The summed E-state index contributed by atoms with van der Waals surface area (Å²) in [6.07, 6.45) is 0.216. The summed E-state index contributed by atoms with van der Waals surface area (Å²) in [5.74, 6) is -0.365. The van der Waals surface area contributed by atoms with Crippen LogP contribution in [-0.2, 0) is 32.6 Å². The maximum atomic E-state index is 14.5. The van der Waals surface area contributed by atoms with Crippen molar-refractivity contribution in [1.29, 1.82) is 0 Å². The van der Waals surface area contributed by atoms with E-state index in [2.05, 4.69) is 21.2 Å². The predicted molar refractivity (Wildman–Crippen MR) is 173 cm³/mol. The van der Waals surface area contributed by atoms with E-state index in [0.717, 1.165) is 19.9 Å². The number of carbonyl (C=O) groups excluding carboxylic acids is 2. The van der Waals surface area contributed by atoms with Crippen LogP contribution >= 0.6 is 15.9 Å². The Bertz CT molecular complexity index is 1690. The summed E-state index contributed by atoms with van der Waals surface area (Å²) >= 11 is 3.48. The first-order valence-corrected chi connectivity index (χ1v) is 16.0. The van der Waals surface area contributed by atoms with E-state index in [1.54, 1.807) is 30.3 Å². The average molecular weight is 681 g/mol. The van der Waals surface area contributed by atoms with Gasteiger partial charge in [0.2, 0.25) is 11.8 Å². The van der Waals surface area contributed by atoms with Crippen molar-refractivity contribution in [2.45, 2.75) is 23.9 Å². The number of sulfonamides is 1. The van der Waals surface area contributed by atoms with Gasteiger partial charge in [-0.05, 0) is 47.5 Å². The largest absolute Gasteiger partial charge is 0.497 e. The van der Waals surface area contributed by atoms with Crippen LogP contribution < -0.4 is 19.1 Å². The number of hydrogen-bond donors (Lipinski definition) is 1. The Hall–Kier alpha value is -4.35. The van der Waals surface area contributed by atoms with E-state index in [-0.39, 0.29) is 35.2 Å². The normalized spacial score (nSPS) is 11.7. The van der Waals surface area contributed by atoms with Crippen LogP contribution in [0.5, 0.6) is 11.5 Å². The van der Waals surface area contributed by atoms with Gasteiger partial charge in [-0.2, -0.15) is 0 Å². The van der Waals surface area contributed by atoms with Gasteiger partial charge in [-0.25, -0.2) is 8.42 Å². The molecule has 2 amide bonds. The second-order valence-corrected chi connectivity index (χ2v) is 12.6. The van der Waals surface area contributed by atoms with Crippen LogP contribution in [0.25, 0.3) is 0 Å². The van der Waals surface area contributed by atoms with Gasteiger partial charge in [-0.15, -0.1) is 0 Å². The first-order chi connectivity index (χ1) is 21.2. The standard InChI is InChI=1S/C33H34BrN3O6S/c1-35-33(39)30(20-24-11-6-4-7-12-24)36(22-25-13-10-14-26(34)19-25)32(38)23-37(44(40,41)28-15-8-5-9-16-28)29-21-27(42-2)17-18-31(29)43-3/h4-19,21,30H,20,22-23H2,1-3H3,(H,35,39)/t30-/m0/s1. The summed E-state index contributed by atoms with van der Waals surface area (Å²) in [7, 11) is 0.102. The lowest BCUT2D eigenvalue weighted by atomic mass is 10.0. The fourth-order valence-corrected chi connectivity index (χ4v) is 6.66. The molecular formula is C33H34BrN3O6S. The summed E-state index contributed by atoms with van der Waals surface area (Å²) in [6, 6.07) is 28.4. The molecule has 0 aliphatic heterocycles. The predicted octanol–water partition coefficient (Wildman–Crippen LogP) is 5.05. The molecule has 4 aromatic carbocycles. The molecule has 0 radical (unpaired) electrons. The Labute approximate surface area is 266 Å². The van der Waals surface area contributed by atoms with Crippen LogP contribution in [0.15, 0.2) is 112 Å². The van der Waals surface area contributed by atoms with Crippen molar-refractivity contribution in [3.05, 3.63) is 119 Å². The molecule has 230 valence electrons. The number of rotatable bonds is 13. The molecule has 0 bridgehead atoms. The van der Waals surface area contributed by atoms with Crippen molar-refractivity contribution < 1.29 is 27.5 Å². The number of nitrogens with zero attached hydrogens (tertiary/aromatic N) is 2. The van der Waals surface area contributed by atoms with E-state index in [9.17, 15) is 18.0 Å². The highest BCUT2D eigenvalue weighted by atomic mass is 79.9. The minimum absolute atomic E-state index is 0.0108. The number of hydrogen-bond acceptors (Lipinski definition) is 6. The Balaban J connectivity index is 1.84. The van der Waals surface area contributed by atoms with E-state index in [0.29, 0.717) is 5.75 Å². The monoisotopic (exact) mass is 679 g/mol. The maximum Gasteiger partial charge on any atom is 0.264 e. The summed E-state index contributed by atoms with van der Waals surface area (Å²) < 4.78 is 41.1. The molecule has 0 aliphatic rings. The van der Waals surface area contributed by atoms with E-state index < -0.39 is 28.5 Å². The zero-order valence-corrected chi connectivity index (χ0v) is 27.0. The number of likely N-dealkylation sites (N-methyl/N-ethyl adjacent to an activating group) is 1. The maximum absolute atomic E-state index is 14.5. The van der Waals surface area contributed by atoms with Gasteiger partial charge in [-0.3, -0.25) is 13.9 Å². The number of halogens is 1. The smallest absolute Gasteiger partial charge is 0.264 e. The van der Waals surface area contributed by atoms with E-state index >= 15 is 0 Å². The van der Waals surface area contributed by atoms with Crippen molar-refractivity contribution in [3.8, 4) is 11.5 Å². The number of carbonyl (C=O) groups is 2. The molecule has 0 spiro atoms. The van der Waals surface area contributed by atoms with Crippen LogP contribution in [0.2, 0.25) is 0 Å². The number of nitrogens with one attached hydrogen (secondary N) is 1. The second-order valence-electron chi connectivity index (χ2n) is 9.83. The Morgan fingerprint density at radius 2 is 1.50 bits per heavy atom. The van der Waals surface area contributed by atoms with Crippen LogP contribution in [0, 0.1) is 0 Å². The number of methoxy groups -OCH3 is 2.